The minimum Gasteiger partial charge on any atom is -0.497 e. The molecule has 0 spiro atoms. The van der Waals surface area contributed by atoms with Crippen molar-refractivity contribution in [3.8, 4) is 5.75 Å². The summed E-state index contributed by atoms with van der Waals surface area (Å²) in [6.45, 7) is 6.34. The van der Waals surface area contributed by atoms with Crippen LogP contribution in [0.3, 0.4) is 0 Å². The third-order valence-electron chi connectivity index (χ3n) is 3.38. The number of alkyl halides is 1. The molecule has 2 aromatic rings. The van der Waals surface area contributed by atoms with E-state index in [0.29, 0.717) is 0 Å². The molecule has 0 fully saturated rings. The first-order chi connectivity index (χ1) is 9.02. The van der Waals surface area contributed by atoms with Crippen molar-refractivity contribution in [2.45, 2.75) is 26.1 Å². The second-order valence-electron chi connectivity index (χ2n) is 4.95. The van der Waals surface area contributed by atoms with Gasteiger partial charge in [0.25, 0.3) is 0 Å². The van der Waals surface area contributed by atoms with E-state index in [0.717, 1.165) is 11.3 Å². The van der Waals surface area contributed by atoms with Gasteiger partial charge in [0, 0.05) is 0 Å². The normalized spacial score (nSPS) is 12.3. The summed E-state index contributed by atoms with van der Waals surface area (Å²) in [5.41, 5.74) is 6.01. The zero-order chi connectivity index (χ0) is 14.0. The van der Waals surface area contributed by atoms with Crippen LogP contribution in [0.4, 0.5) is 0 Å². The van der Waals surface area contributed by atoms with Crippen LogP contribution in [0.5, 0.6) is 5.75 Å². The molecule has 0 N–H and O–H groups in total. The van der Waals surface area contributed by atoms with Gasteiger partial charge in [-0.1, -0.05) is 29.8 Å². The predicted octanol–water partition coefficient (Wildman–Crippen LogP) is 4.95. The maximum atomic E-state index is 6.67. The predicted molar refractivity (Wildman–Crippen MR) is 81.3 cm³/mol. The second-order valence-corrected chi connectivity index (χ2v) is 5.39. The summed E-state index contributed by atoms with van der Waals surface area (Å²) in [6.07, 6.45) is 0. The Labute approximate surface area is 120 Å². The Morgan fingerprint density at radius 3 is 2.21 bits per heavy atom. The van der Waals surface area contributed by atoms with Crippen molar-refractivity contribution in [3.63, 3.8) is 0 Å². The van der Waals surface area contributed by atoms with Gasteiger partial charge in [0.05, 0.1) is 12.5 Å². The van der Waals surface area contributed by atoms with E-state index in [1.807, 2.05) is 24.3 Å². The summed E-state index contributed by atoms with van der Waals surface area (Å²) in [7, 11) is 1.67. The summed E-state index contributed by atoms with van der Waals surface area (Å²) in [5.74, 6) is 0.838. The molecule has 0 bridgehead atoms. The van der Waals surface area contributed by atoms with E-state index in [9.17, 15) is 0 Å². The van der Waals surface area contributed by atoms with Gasteiger partial charge in [0.2, 0.25) is 0 Å². The molecule has 1 nitrogen and oxygen atoms in total. The fraction of sp³-hybridized carbons (Fsp3) is 0.294. The van der Waals surface area contributed by atoms with E-state index in [-0.39, 0.29) is 5.38 Å². The molecule has 2 rings (SSSR count). The van der Waals surface area contributed by atoms with Crippen molar-refractivity contribution in [2.24, 2.45) is 0 Å². The number of rotatable bonds is 3. The van der Waals surface area contributed by atoms with Crippen molar-refractivity contribution >= 4 is 11.6 Å². The molecule has 0 saturated carbocycles. The molecule has 0 aliphatic rings. The second kappa shape index (κ2) is 5.66. The van der Waals surface area contributed by atoms with Gasteiger partial charge in [-0.15, -0.1) is 11.6 Å². The zero-order valence-corrected chi connectivity index (χ0v) is 12.6. The minimum atomic E-state index is -0.143. The van der Waals surface area contributed by atoms with E-state index in [4.69, 9.17) is 16.3 Å². The lowest BCUT2D eigenvalue weighted by Crippen LogP contribution is -2.00. The average Bonchev–Trinajstić information content (AvgIpc) is 2.37. The number of hydrogen-bond acceptors (Lipinski definition) is 1. The van der Waals surface area contributed by atoms with Crippen molar-refractivity contribution in [2.75, 3.05) is 7.11 Å². The SMILES string of the molecule is COc1cccc(C(Cl)c2c(C)cc(C)cc2C)c1. The number of aryl methyl sites for hydroxylation is 3. The summed E-state index contributed by atoms with van der Waals surface area (Å²) >= 11 is 6.67. The summed E-state index contributed by atoms with van der Waals surface area (Å²) in [4.78, 5) is 0. The smallest absolute Gasteiger partial charge is 0.119 e. The Bertz CT molecular complexity index is 567. The van der Waals surface area contributed by atoms with Crippen molar-refractivity contribution in [1.82, 2.24) is 0 Å². The van der Waals surface area contributed by atoms with Crippen molar-refractivity contribution in [1.29, 1.82) is 0 Å². The van der Waals surface area contributed by atoms with Gasteiger partial charge in [-0.25, -0.2) is 0 Å². The van der Waals surface area contributed by atoms with Crippen LogP contribution in [0.1, 0.15) is 33.2 Å². The number of hydrogen-bond donors (Lipinski definition) is 0. The Balaban J connectivity index is 2.46. The highest BCUT2D eigenvalue weighted by Crippen LogP contribution is 2.35. The molecule has 2 heteroatoms. The number of halogens is 1. The summed E-state index contributed by atoms with van der Waals surface area (Å²) in [6, 6.07) is 12.3. The topological polar surface area (TPSA) is 9.23 Å². The molecule has 0 amide bonds. The average molecular weight is 275 g/mol. The van der Waals surface area contributed by atoms with E-state index in [2.05, 4.69) is 32.9 Å². The molecule has 19 heavy (non-hydrogen) atoms. The van der Waals surface area contributed by atoms with Crippen molar-refractivity contribution in [3.05, 3.63) is 64.2 Å². The van der Waals surface area contributed by atoms with Gasteiger partial charge in [-0.2, -0.15) is 0 Å². The lowest BCUT2D eigenvalue weighted by Gasteiger charge is -2.17. The Morgan fingerprint density at radius 2 is 1.63 bits per heavy atom. The van der Waals surface area contributed by atoms with Crippen LogP contribution < -0.4 is 4.74 Å². The third kappa shape index (κ3) is 2.93. The highest BCUT2D eigenvalue weighted by atomic mass is 35.5. The van der Waals surface area contributed by atoms with Crippen LogP contribution in [-0.2, 0) is 0 Å². The molecule has 2 aromatic carbocycles. The summed E-state index contributed by atoms with van der Waals surface area (Å²) < 4.78 is 5.26. The van der Waals surface area contributed by atoms with Crippen LogP contribution in [0, 0.1) is 20.8 Å². The highest BCUT2D eigenvalue weighted by molar-refractivity contribution is 6.22. The number of benzene rings is 2. The van der Waals surface area contributed by atoms with Crippen LogP contribution in [0.15, 0.2) is 36.4 Å². The molecule has 0 aromatic heterocycles. The zero-order valence-electron chi connectivity index (χ0n) is 11.8. The minimum absolute atomic E-state index is 0.143. The molecule has 0 radical (unpaired) electrons. The van der Waals surface area contributed by atoms with E-state index < -0.39 is 0 Å². The van der Waals surface area contributed by atoms with Crippen LogP contribution in [-0.4, -0.2) is 7.11 Å². The standard InChI is InChI=1S/C17H19ClO/c1-11-8-12(2)16(13(3)9-11)17(18)14-6-5-7-15(10-14)19-4/h5-10,17H,1-4H3. The molecule has 0 aliphatic heterocycles. The van der Waals surface area contributed by atoms with Gasteiger partial charge in [-0.05, 0) is 55.2 Å². The fourth-order valence-electron chi connectivity index (χ4n) is 2.56. The Hall–Kier alpha value is -1.47. The largest absolute Gasteiger partial charge is 0.497 e. The van der Waals surface area contributed by atoms with Crippen LogP contribution in [0.25, 0.3) is 0 Å². The van der Waals surface area contributed by atoms with Gasteiger partial charge in [0.1, 0.15) is 5.75 Å². The molecule has 0 saturated heterocycles. The molecular weight excluding hydrogens is 256 g/mol. The van der Waals surface area contributed by atoms with Crippen molar-refractivity contribution < 1.29 is 4.74 Å². The van der Waals surface area contributed by atoms with Gasteiger partial charge in [-0.3, -0.25) is 0 Å². The molecule has 0 heterocycles. The maximum Gasteiger partial charge on any atom is 0.119 e. The van der Waals surface area contributed by atoms with Gasteiger partial charge < -0.3 is 4.74 Å². The quantitative estimate of drug-likeness (QED) is 0.720. The van der Waals surface area contributed by atoms with E-state index in [1.165, 1.54) is 22.3 Å². The highest BCUT2D eigenvalue weighted by Gasteiger charge is 2.16. The maximum absolute atomic E-state index is 6.67. The van der Waals surface area contributed by atoms with Crippen LogP contribution in [0.2, 0.25) is 0 Å². The first-order valence-electron chi connectivity index (χ1n) is 6.38. The van der Waals surface area contributed by atoms with E-state index in [1.54, 1.807) is 7.11 Å². The first-order valence-corrected chi connectivity index (χ1v) is 6.82. The number of methoxy groups -OCH3 is 1. The molecule has 1 unspecified atom stereocenters. The molecule has 1 atom stereocenters. The lowest BCUT2D eigenvalue weighted by atomic mass is 9.94. The fourth-order valence-corrected chi connectivity index (χ4v) is 3.04. The Morgan fingerprint density at radius 1 is 1.00 bits per heavy atom. The number of ether oxygens (including phenoxy) is 1. The Kier molecular flexibility index (Phi) is 4.16. The van der Waals surface area contributed by atoms with E-state index >= 15 is 0 Å². The monoisotopic (exact) mass is 274 g/mol. The van der Waals surface area contributed by atoms with Gasteiger partial charge >= 0.3 is 0 Å². The molecule has 100 valence electrons. The van der Waals surface area contributed by atoms with Crippen LogP contribution >= 0.6 is 11.6 Å². The first kappa shape index (κ1) is 14.0. The third-order valence-corrected chi connectivity index (χ3v) is 3.85. The van der Waals surface area contributed by atoms with Gasteiger partial charge in [0.15, 0.2) is 0 Å². The molecule has 0 aliphatic carbocycles. The molecular formula is C17H19ClO. The lowest BCUT2D eigenvalue weighted by molar-refractivity contribution is 0.414. The summed E-state index contributed by atoms with van der Waals surface area (Å²) in [5, 5.41) is -0.143.